The molecule has 2 aromatic heterocycles. The Morgan fingerprint density at radius 3 is 2.34 bits per heavy atom. The van der Waals surface area contributed by atoms with Gasteiger partial charge in [0.1, 0.15) is 5.75 Å². The lowest BCUT2D eigenvalue weighted by molar-refractivity contribution is 0.414. The topological polar surface area (TPSA) is 45.6 Å². The van der Waals surface area contributed by atoms with Gasteiger partial charge in [-0.05, 0) is 100 Å². The largest absolute Gasteiger partial charge is 0.495 e. The summed E-state index contributed by atoms with van der Waals surface area (Å²) in [5.41, 5.74) is 7.82. The summed E-state index contributed by atoms with van der Waals surface area (Å²) in [5.74, 6) is 0.782. The molecule has 5 rings (SSSR count). The summed E-state index contributed by atoms with van der Waals surface area (Å²) in [6, 6.07) is 25.0. The van der Waals surface area contributed by atoms with Crippen LogP contribution >= 0.6 is 12.2 Å². The number of ether oxygens (including phenoxy) is 1. The molecule has 0 radical (unpaired) electrons. The average Bonchev–Trinajstić information content (AvgIpc) is 3.44. The molecule has 4 aromatic rings. The maximum absolute atomic E-state index is 5.94. The van der Waals surface area contributed by atoms with E-state index in [4.69, 9.17) is 21.9 Å². The Labute approximate surface area is 230 Å². The van der Waals surface area contributed by atoms with Crippen molar-refractivity contribution in [2.45, 2.75) is 39.8 Å². The molecule has 1 aliphatic heterocycles. The van der Waals surface area contributed by atoms with Gasteiger partial charge in [-0.1, -0.05) is 18.2 Å². The Bertz CT molecular complexity index is 1410. The summed E-state index contributed by atoms with van der Waals surface area (Å²) in [6.45, 7) is 10.7. The lowest BCUT2D eigenvalue weighted by atomic mass is 9.96. The highest BCUT2D eigenvalue weighted by Crippen LogP contribution is 2.46. The number of benzene rings is 2. The Morgan fingerprint density at radius 1 is 0.974 bits per heavy atom. The SMILES string of the molecule is CCN(CC)c1ccc(-n2c(C)cc([C@@H]3[C@H](c4ccccn4)NC(=S)N3c3ccccc3OC)c2C)cc1. The number of aromatic nitrogens is 2. The smallest absolute Gasteiger partial charge is 0.174 e. The highest BCUT2D eigenvalue weighted by molar-refractivity contribution is 7.80. The minimum atomic E-state index is -0.118. The van der Waals surface area contributed by atoms with E-state index in [0.29, 0.717) is 5.11 Å². The average molecular weight is 526 g/mol. The molecular formula is C31H35N5OS. The predicted octanol–water partition coefficient (Wildman–Crippen LogP) is 6.52. The molecule has 0 aliphatic carbocycles. The number of thiocarbonyl (C=S) groups is 1. The van der Waals surface area contributed by atoms with Gasteiger partial charge in [0, 0.05) is 42.0 Å². The van der Waals surface area contributed by atoms with E-state index in [1.807, 2.05) is 36.5 Å². The molecule has 0 saturated carbocycles. The standard InChI is InChI=1S/C31H35N5OS/c1-6-34(7-2)23-15-17-24(18-16-23)35-21(3)20-25(22(35)4)30-29(26-12-10-11-19-32-26)33-31(38)36(30)27-13-8-9-14-28(27)37-5/h8-20,29-30H,6-7H2,1-5H3,(H,33,38)/t29-,30+/m0/s1. The van der Waals surface area contributed by atoms with Gasteiger partial charge in [0.05, 0.1) is 30.6 Å². The molecule has 38 heavy (non-hydrogen) atoms. The van der Waals surface area contributed by atoms with Crippen LogP contribution in [-0.2, 0) is 0 Å². The number of aryl methyl sites for hydroxylation is 1. The van der Waals surface area contributed by atoms with E-state index in [2.05, 4.69) is 89.8 Å². The zero-order valence-corrected chi connectivity index (χ0v) is 23.5. The van der Waals surface area contributed by atoms with Crippen LogP contribution in [0.25, 0.3) is 5.69 Å². The zero-order valence-electron chi connectivity index (χ0n) is 22.7. The van der Waals surface area contributed by atoms with Gasteiger partial charge in [-0.2, -0.15) is 0 Å². The van der Waals surface area contributed by atoms with Crippen LogP contribution in [0.3, 0.4) is 0 Å². The van der Waals surface area contributed by atoms with Gasteiger partial charge in [0.25, 0.3) is 0 Å². The monoisotopic (exact) mass is 525 g/mol. The van der Waals surface area contributed by atoms with Crippen molar-refractivity contribution in [3.8, 4) is 11.4 Å². The van der Waals surface area contributed by atoms with E-state index < -0.39 is 0 Å². The van der Waals surface area contributed by atoms with E-state index >= 15 is 0 Å². The highest BCUT2D eigenvalue weighted by Gasteiger charge is 2.43. The first-order chi connectivity index (χ1) is 18.5. The van der Waals surface area contributed by atoms with Crippen LogP contribution in [-0.4, -0.2) is 34.9 Å². The number of hydrogen-bond acceptors (Lipinski definition) is 4. The van der Waals surface area contributed by atoms with Gasteiger partial charge < -0.3 is 24.4 Å². The fraction of sp³-hybridized carbons (Fsp3) is 0.290. The van der Waals surface area contributed by atoms with Crippen LogP contribution in [0.5, 0.6) is 5.75 Å². The Morgan fingerprint density at radius 2 is 1.68 bits per heavy atom. The van der Waals surface area contributed by atoms with Crippen LogP contribution in [0.4, 0.5) is 11.4 Å². The molecule has 0 amide bonds. The maximum Gasteiger partial charge on any atom is 0.174 e. The molecule has 1 saturated heterocycles. The molecule has 0 unspecified atom stereocenters. The predicted molar refractivity (Wildman–Crippen MR) is 160 cm³/mol. The van der Waals surface area contributed by atoms with Crippen LogP contribution < -0.4 is 19.9 Å². The maximum atomic E-state index is 5.94. The van der Waals surface area contributed by atoms with Gasteiger partial charge >= 0.3 is 0 Å². The summed E-state index contributed by atoms with van der Waals surface area (Å²) in [5, 5.41) is 4.23. The van der Waals surface area contributed by atoms with Crippen molar-refractivity contribution in [3.05, 3.63) is 102 Å². The number of rotatable bonds is 8. The number of nitrogens with zero attached hydrogens (tertiary/aromatic N) is 4. The van der Waals surface area contributed by atoms with Gasteiger partial charge in [0.15, 0.2) is 5.11 Å². The summed E-state index contributed by atoms with van der Waals surface area (Å²) in [7, 11) is 1.70. The Balaban J connectivity index is 1.63. The molecule has 7 heteroatoms. The molecule has 6 nitrogen and oxygen atoms in total. The normalized spacial score (nSPS) is 17.0. The molecule has 0 spiro atoms. The van der Waals surface area contributed by atoms with E-state index in [0.717, 1.165) is 35.9 Å². The molecule has 3 heterocycles. The van der Waals surface area contributed by atoms with Gasteiger partial charge in [0.2, 0.25) is 0 Å². The third kappa shape index (κ3) is 4.52. The molecule has 196 valence electrons. The second kappa shape index (κ2) is 10.9. The molecule has 2 aromatic carbocycles. The fourth-order valence-electron chi connectivity index (χ4n) is 5.64. The van der Waals surface area contributed by atoms with Crippen LogP contribution in [0.2, 0.25) is 0 Å². The first-order valence-electron chi connectivity index (χ1n) is 13.2. The highest BCUT2D eigenvalue weighted by atomic mass is 32.1. The minimum absolute atomic E-state index is 0.108. The summed E-state index contributed by atoms with van der Waals surface area (Å²) in [6.07, 6.45) is 1.84. The van der Waals surface area contributed by atoms with E-state index in [9.17, 15) is 0 Å². The van der Waals surface area contributed by atoms with Crippen molar-refractivity contribution in [2.24, 2.45) is 0 Å². The summed E-state index contributed by atoms with van der Waals surface area (Å²) >= 11 is 5.94. The van der Waals surface area contributed by atoms with Gasteiger partial charge in [-0.3, -0.25) is 4.98 Å². The molecule has 1 N–H and O–H groups in total. The Hall–Kier alpha value is -3.84. The van der Waals surface area contributed by atoms with Crippen molar-refractivity contribution in [3.63, 3.8) is 0 Å². The lowest BCUT2D eigenvalue weighted by Crippen LogP contribution is -2.30. The zero-order chi connectivity index (χ0) is 26.8. The van der Waals surface area contributed by atoms with Gasteiger partial charge in [-0.15, -0.1) is 0 Å². The first-order valence-corrected chi connectivity index (χ1v) is 13.6. The van der Waals surface area contributed by atoms with Crippen molar-refractivity contribution in [2.75, 3.05) is 30.0 Å². The molecule has 0 bridgehead atoms. The number of hydrogen-bond donors (Lipinski definition) is 1. The number of anilines is 2. The number of pyridine rings is 1. The summed E-state index contributed by atoms with van der Waals surface area (Å²) < 4.78 is 8.09. The number of methoxy groups -OCH3 is 1. The van der Waals surface area contributed by atoms with Crippen molar-refractivity contribution in [1.29, 1.82) is 0 Å². The van der Waals surface area contributed by atoms with Crippen molar-refractivity contribution < 1.29 is 4.74 Å². The van der Waals surface area contributed by atoms with Gasteiger partial charge in [-0.25, -0.2) is 0 Å². The lowest BCUT2D eigenvalue weighted by Gasteiger charge is -2.29. The van der Waals surface area contributed by atoms with Crippen LogP contribution in [0.1, 0.15) is 48.6 Å². The van der Waals surface area contributed by atoms with E-state index in [-0.39, 0.29) is 12.1 Å². The molecular weight excluding hydrogens is 490 g/mol. The quantitative estimate of drug-likeness (QED) is 0.264. The van der Waals surface area contributed by atoms with Crippen LogP contribution in [0.15, 0.2) is 79.0 Å². The van der Waals surface area contributed by atoms with Crippen LogP contribution in [0, 0.1) is 13.8 Å². The van der Waals surface area contributed by atoms with Crippen molar-refractivity contribution in [1.82, 2.24) is 14.9 Å². The first kappa shape index (κ1) is 25.8. The van der Waals surface area contributed by atoms with Crippen molar-refractivity contribution >= 4 is 28.7 Å². The third-order valence-corrected chi connectivity index (χ3v) is 7.78. The minimum Gasteiger partial charge on any atom is -0.495 e. The second-order valence-corrected chi connectivity index (χ2v) is 9.91. The fourth-order valence-corrected chi connectivity index (χ4v) is 5.98. The summed E-state index contributed by atoms with van der Waals surface area (Å²) in [4.78, 5) is 9.25. The van der Waals surface area contributed by atoms with E-state index in [1.165, 1.54) is 22.6 Å². The molecule has 2 atom stereocenters. The third-order valence-electron chi connectivity index (χ3n) is 7.47. The van der Waals surface area contributed by atoms with E-state index in [1.54, 1.807) is 7.11 Å². The second-order valence-electron chi connectivity index (χ2n) is 9.52. The molecule has 1 aliphatic rings. The molecule has 1 fully saturated rings. The Kier molecular flexibility index (Phi) is 7.38. The number of nitrogens with one attached hydrogen (secondary N) is 1. The number of para-hydroxylation sites is 2.